The van der Waals surface area contributed by atoms with Gasteiger partial charge in [-0.3, -0.25) is 4.55 Å². The number of hydrogen-bond donors (Lipinski definition) is 1. The Morgan fingerprint density at radius 1 is 0.656 bits per heavy atom. The van der Waals surface area contributed by atoms with Gasteiger partial charge in [0.1, 0.15) is 0 Å². The van der Waals surface area contributed by atoms with Crippen molar-refractivity contribution < 1.29 is 13.0 Å². The molecule has 0 fully saturated rings. The molecule has 0 spiro atoms. The molecule has 2 aromatic rings. The average Bonchev–Trinajstić information content (AvgIpc) is 2.76. The van der Waals surface area contributed by atoms with Crippen molar-refractivity contribution in [1.82, 2.24) is 0 Å². The zero-order chi connectivity index (χ0) is 23.2. The van der Waals surface area contributed by atoms with E-state index in [0.29, 0.717) is 6.42 Å². The van der Waals surface area contributed by atoms with E-state index in [1.165, 1.54) is 76.2 Å². The number of hydrogen-bond acceptors (Lipinski definition) is 2. The van der Waals surface area contributed by atoms with Gasteiger partial charge in [0.05, 0.1) is 4.90 Å². The third kappa shape index (κ3) is 9.23. The molecule has 0 saturated carbocycles. The van der Waals surface area contributed by atoms with Gasteiger partial charge in [-0.2, -0.15) is 8.42 Å². The molecule has 0 bridgehead atoms. The van der Waals surface area contributed by atoms with E-state index >= 15 is 0 Å². The van der Waals surface area contributed by atoms with E-state index in [1.807, 2.05) is 6.07 Å². The van der Waals surface area contributed by atoms with E-state index in [9.17, 15) is 13.0 Å². The molecule has 0 amide bonds. The first-order chi connectivity index (χ1) is 15.5. The van der Waals surface area contributed by atoms with E-state index in [-0.39, 0.29) is 4.90 Å². The molecule has 3 nitrogen and oxygen atoms in total. The lowest BCUT2D eigenvalue weighted by atomic mass is 9.96. The molecule has 0 saturated heterocycles. The van der Waals surface area contributed by atoms with Crippen LogP contribution in [0.25, 0.3) is 10.8 Å². The molecule has 0 aliphatic rings. The van der Waals surface area contributed by atoms with Gasteiger partial charge in [-0.1, -0.05) is 109 Å². The fourth-order valence-corrected chi connectivity index (χ4v) is 5.38. The highest BCUT2D eigenvalue weighted by molar-refractivity contribution is 7.85. The summed E-state index contributed by atoms with van der Waals surface area (Å²) in [5, 5.41) is 2.05. The Hall–Kier alpha value is -1.39. The van der Waals surface area contributed by atoms with Crippen LogP contribution in [-0.2, 0) is 23.0 Å². The van der Waals surface area contributed by atoms with E-state index in [0.717, 1.165) is 42.0 Å². The number of rotatable bonds is 17. The molecule has 180 valence electrons. The third-order valence-corrected chi connectivity index (χ3v) is 7.46. The Kier molecular flexibility index (Phi) is 12.3. The first kappa shape index (κ1) is 26.9. The summed E-state index contributed by atoms with van der Waals surface area (Å²) in [6.45, 7) is 4.46. The summed E-state index contributed by atoms with van der Waals surface area (Å²) >= 11 is 0. The first-order valence-corrected chi connectivity index (χ1v) is 14.4. The van der Waals surface area contributed by atoms with Crippen LogP contribution >= 0.6 is 0 Å². The van der Waals surface area contributed by atoms with Crippen molar-refractivity contribution in [2.45, 2.75) is 121 Å². The summed E-state index contributed by atoms with van der Waals surface area (Å²) in [6, 6.07) is 9.94. The van der Waals surface area contributed by atoms with Crippen LogP contribution in [0.5, 0.6) is 0 Å². The minimum absolute atomic E-state index is 0.1000. The molecule has 0 atom stereocenters. The van der Waals surface area contributed by atoms with E-state index in [4.69, 9.17) is 0 Å². The number of benzene rings is 2. The van der Waals surface area contributed by atoms with Gasteiger partial charge >= 0.3 is 0 Å². The normalized spacial score (nSPS) is 12.0. The highest BCUT2D eigenvalue weighted by atomic mass is 32.2. The number of unbranched alkanes of at least 4 members (excludes halogenated alkanes) is 12. The first-order valence-electron chi connectivity index (χ1n) is 13.0. The molecule has 1 N–H and O–H groups in total. The molecular formula is C28H44O3S. The van der Waals surface area contributed by atoms with Gasteiger partial charge < -0.3 is 0 Å². The Labute approximate surface area is 196 Å². The van der Waals surface area contributed by atoms with Crippen molar-refractivity contribution in [2.75, 3.05) is 0 Å². The second-order valence-corrected chi connectivity index (χ2v) is 10.7. The van der Waals surface area contributed by atoms with Gasteiger partial charge in [0, 0.05) is 0 Å². The smallest absolute Gasteiger partial charge is 0.282 e. The van der Waals surface area contributed by atoms with Crippen LogP contribution in [0.3, 0.4) is 0 Å². The predicted molar refractivity (Wildman–Crippen MR) is 137 cm³/mol. The molecule has 32 heavy (non-hydrogen) atoms. The van der Waals surface area contributed by atoms with Crippen molar-refractivity contribution in [2.24, 2.45) is 0 Å². The van der Waals surface area contributed by atoms with Crippen LogP contribution in [0.1, 0.15) is 115 Å². The second kappa shape index (κ2) is 14.7. The highest BCUT2D eigenvalue weighted by Crippen LogP contribution is 2.29. The fourth-order valence-electron chi connectivity index (χ4n) is 4.62. The maximum Gasteiger partial charge on any atom is 0.294 e. The molecule has 0 unspecified atom stereocenters. The average molecular weight is 461 g/mol. The van der Waals surface area contributed by atoms with Crippen molar-refractivity contribution in [3.05, 3.63) is 41.5 Å². The van der Waals surface area contributed by atoms with E-state index in [1.54, 1.807) is 6.07 Å². The summed E-state index contributed by atoms with van der Waals surface area (Å²) in [6.07, 6.45) is 18.8. The van der Waals surface area contributed by atoms with E-state index < -0.39 is 10.1 Å². The molecule has 0 heterocycles. The standard InChI is InChI=1S/C28H44O3S/c1-3-5-7-9-11-13-15-18-24-20-17-21-25-22-26(19-16-14-12-10-8-6-4-2)28(23-27(24)25)32(29,30)31/h17,20-23H,3-16,18-19H2,1-2H3,(H,29,30,31). The van der Waals surface area contributed by atoms with Gasteiger partial charge in [0.15, 0.2) is 0 Å². The van der Waals surface area contributed by atoms with Gasteiger partial charge in [-0.25, -0.2) is 0 Å². The Balaban J connectivity index is 2.04. The molecule has 2 aromatic carbocycles. The largest absolute Gasteiger partial charge is 0.294 e. The fraction of sp³-hybridized carbons (Fsp3) is 0.643. The van der Waals surface area contributed by atoms with Crippen LogP contribution in [0.4, 0.5) is 0 Å². The van der Waals surface area contributed by atoms with Crippen molar-refractivity contribution in [3.63, 3.8) is 0 Å². The summed E-state index contributed by atoms with van der Waals surface area (Å²) in [4.78, 5) is 0.1000. The van der Waals surface area contributed by atoms with Gasteiger partial charge in [0.2, 0.25) is 0 Å². The van der Waals surface area contributed by atoms with Crippen LogP contribution < -0.4 is 0 Å². The van der Waals surface area contributed by atoms with Crippen molar-refractivity contribution in [1.29, 1.82) is 0 Å². The second-order valence-electron chi connectivity index (χ2n) is 9.32. The number of aryl methyl sites for hydroxylation is 2. The molecule has 0 radical (unpaired) electrons. The van der Waals surface area contributed by atoms with Gasteiger partial charge in [-0.15, -0.1) is 0 Å². The number of fused-ring (bicyclic) bond motifs is 1. The van der Waals surface area contributed by atoms with Crippen molar-refractivity contribution >= 4 is 20.9 Å². The zero-order valence-electron chi connectivity index (χ0n) is 20.4. The van der Waals surface area contributed by atoms with Crippen LogP contribution in [-0.4, -0.2) is 13.0 Å². The topological polar surface area (TPSA) is 54.4 Å². The molecule has 0 aliphatic heterocycles. The lowest BCUT2D eigenvalue weighted by Gasteiger charge is -2.13. The third-order valence-electron chi connectivity index (χ3n) is 6.53. The predicted octanol–water partition coefficient (Wildman–Crippen LogP) is 8.67. The molecule has 4 heteroatoms. The van der Waals surface area contributed by atoms with Gasteiger partial charge in [-0.05, 0) is 59.7 Å². The van der Waals surface area contributed by atoms with E-state index in [2.05, 4.69) is 32.0 Å². The monoisotopic (exact) mass is 460 g/mol. The van der Waals surface area contributed by atoms with Crippen LogP contribution in [0.2, 0.25) is 0 Å². The maximum absolute atomic E-state index is 12.2. The van der Waals surface area contributed by atoms with Crippen molar-refractivity contribution in [3.8, 4) is 0 Å². The summed E-state index contributed by atoms with van der Waals surface area (Å²) < 4.78 is 34.2. The Morgan fingerprint density at radius 2 is 1.16 bits per heavy atom. The minimum atomic E-state index is -4.23. The molecular weight excluding hydrogens is 416 g/mol. The van der Waals surface area contributed by atoms with Crippen LogP contribution in [0, 0.1) is 0 Å². The lowest BCUT2D eigenvalue weighted by molar-refractivity contribution is 0.481. The SMILES string of the molecule is CCCCCCCCCc1cc2cccc(CCCCCCCCC)c2cc1S(=O)(=O)O. The maximum atomic E-state index is 12.2. The quantitative estimate of drug-likeness (QED) is 0.190. The summed E-state index contributed by atoms with van der Waals surface area (Å²) in [7, 11) is -4.23. The highest BCUT2D eigenvalue weighted by Gasteiger charge is 2.17. The lowest BCUT2D eigenvalue weighted by Crippen LogP contribution is -2.04. The minimum Gasteiger partial charge on any atom is -0.282 e. The Morgan fingerprint density at radius 3 is 1.69 bits per heavy atom. The molecule has 0 aliphatic carbocycles. The zero-order valence-corrected chi connectivity index (χ0v) is 21.2. The summed E-state index contributed by atoms with van der Waals surface area (Å²) in [5.74, 6) is 0. The van der Waals surface area contributed by atoms with Crippen LogP contribution in [0.15, 0.2) is 35.2 Å². The molecule has 2 rings (SSSR count). The Bertz CT molecular complexity index is 902. The molecule has 0 aromatic heterocycles. The summed E-state index contributed by atoms with van der Waals surface area (Å²) in [5.41, 5.74) is 1.94. The van der Waals surface area contributed by atoms with Gasteiger partial charge in [0.25, 0.3) is 10.1 Å².